The van der Waals surface area contributed by atoms with Gasteiger partial charge in [0.2, 0.25) is 0 Å². The number of ether oxygens (including phenoxy) is 2. The van der Waals surface area contributed by atoms with Gasteiger partial charge in [-0.05, 0) is 13.8 Å². The second-order valence-corrected chi connectivity index (χ2v) is 3.79. The van der Waals surface area contributed by atoms with Crippen molar-refractivity contribution in [2.45, 2.75) is 50.7 Å². The highest BCUT2D eigenvalue weighted by molar-refractivity contribution is 5.74. The normalized spacial score (nSPS) is 41.5. The first kappa shape index (κ1) is 13.3. The molecular weight excluding hydrogens is 220 g/mol. The summed E-state index contributed by atoms with van der Waals surface area (Å²) in [6.45, 7) is 2.69. The van der Waals surface area contributed by atoms with Crippen LogP contribution in [-0.2, 0) is 14.3 Å². The Balaban J connectivity index is 2.67. The van der Waals surface area contributed by atoms with Crippen LogP contribution in [0.3, 0.4) is 0 Å². The number of carbonyl (C=O) groups excluding carboxylic acids is 1. The number of carbonyl (C=O) groups is 1. The number of esters is 1. The van der Waals surface area contributed by atoms with Crippen LogP contribution in [0.15, 0.2) is 0 Å². The monoisotopic (exact) mass is 236 g/mol. The molecule has 1 heterocycles. The van der Waals surface area contributed by atoms with Crippen LogP contribution in [0.4, 0.5) is 0 Å². The summed E-state index contributed by atoms with van der Waals surface area (Å²) in [5, 5.41) is 37.0. The molecule has 6 atom stereocenters. The van der Waals surface area contributed by atoms with Crippen molar-refractivity contribution in [1.82, 2.24) is 0 Å². The fraction of sp³-hybridized carbons (Fsp3) is 0.889. The quantitative estimate of drug-likeness (QED) is 0.400. The van der Waals surface area contributed by atoms with E-state index in [0.717, 1.165) is 0 Å². The first-order chi connectivity index (χ1) is 7.34. The van der Waals surface area contributed by atoms with Gasteiger partial charge in [-0.25, -0.2) is 4.79 Å². The van der Waals surface area contributed by atoms with E-state index in [2.05, 4.69) is 0 Å². The first-order valence-corrected chi connectivity index (χ1v) is 4.92. The van der Waals surface area contributed by atoms with Gasteiger partial charge in [0.25, 0.3) is 0 Å². The maximum absolute atomic E-state index is 11.1. The van der Waals surface area contributed by atoms with Gasteiger partial charge in [-0.1, -0.05) is 0 Å². The van der Waals surface area contributed by atoms with E-state index >= 15 is 0 Å². The molecule has 94 valence electrons. The minimum absolute atomic E-state index is 0.781. The molecule has 0 bridgehead atoms. The van der Waals surface area contributed by atoms with E-state index in [0.29, 0.717) is 0 Å². The van der Waals surface area contributed by atoms with E-state index in [9.17, 15) is 15.0 Å². The molecule has 16 heavy (non-hydrogen) atoms. The number of aliphatic hydroxyl groups excluding tert-OH is 4. The molecule has 1 rings (SSSR count). The third-order valence-corrected chi connectivity index (χ3v) is 2.39. The lowest BCUT2D eigenvalue weighted by molar-refractivity contribution is -0.282. The van der Waals surface area contributed by atoms with Gasteiger partial charge in [0.1, 0.15) is 18.3 Å². The van der Waals surface area contributed by atoms with Crippen molar-refractivity contribution in [3.05, 3.63) is 0 Å². The van der Waals surface area contributed by atoms with Crippen LogP contribution >= 0.6 is 0 Å². The molecule has 0 spiro atoms. The Morgan fingerprint density at radius 2 is 1.88 bits per heavy atom. The number of hydrogen-bond acceptors (Lipinski definition) is 7. The molecule has 0 unspecified atom stereocenters. The van der Waals surface area contributed by atoms with Crippen molar-refractivity contribution in [3.63, 3.8) is 0 Å². The Bertz CT molecular complexity index is 254. The number of rotatable bonds is 2. The lowest BCUT2D eigenvalue weighted by Gasteiger charge is -2.38. The second-order valence-electron chi connectivity index (χ2n) is 3.79. The zero-order chi connectivity index (χ0) is 12.5. The number of hydrogen-bond donors (Lipinski definition) is 4. The molecule has 1 aliphatic rings. The molecule has 1 fully saturated rings. The Kier molecular flexibility index (Phi) is 4.22. The Labute approximate surface area is 92.2 Å². The molecule has 0 aromatic carbocycles. The van der Waals surface area contributed by atoms with Crippen molar-refractivity contribution >= 4 is 5.97 Å². The molecule has 0 radical (unpaired) electrons. The average Bonchev–Trinajstić information content (AvgIpc) is 2.20. The van der Waals surface area contributed by atoms with E-state index in [1.165, 1.54) is 13.8 Å². The zero-order valence-electron chi connectivity index (χ0n) is 8.98. The lowest BCUT2D eigenvalue weighted by atomic mass is 10.00. The van der Waals surface area contributed by atoms with Crippen LogP contribution in [0.1, 0.15) is 13.8 Å². The van der Waals surface area contributed by atoms with Crippen molar-refractivity contribution in [3.8, 4) is 0 Å². The highest BCUT2D eigenvalue weighted by Crippen LogP contribution is 2.22. The van der Waals surface area contributed by atoms with Crippen molar-refractivity contribution in [1.29, 1.82) is 0 Å². The van der Waals surface area contributed by atoms with E-state index in [-0.39, 0.29) is 0 Å². The molecule has 0 saturated carbocycles. The van der Waals surface area contributed by atoms with Crippen molar-refractivity contribution in [2.75, 3.05) is 0 Å². The van der Waals surface area contributed by atoms with Gasteiger partial charge in [0.15, 0.2) is 12.4 Å². The van der Waals surface area contributed by atoms with Gasteiger partial charge in [0, 0.05) is 0 Å². The van der Waals surface area contributed by atoms with Gasteiger partial charge in [-0.3, -0.25) is 0 Å². The summed E-state index contributed by atoms with van der Waals surface area (Å²) in [6.07, 6.45) is -7.77. The summed E-state index contributed by atoms with van der Waals surface area (Å²) in [5.74, 6) is -0.928. The summed E-state index contributed by atoms with van der Waals surface area (Å²) in [7, 11) is 0. The molecular formula is C9H16O7. The van der Waals surface area contributed by atoms with Crippen LogP contribution in [-0.4, -0.2) is 63.2 Å². The van der Waals surface area contributed by atoms with Gasteiger partial charge in [0.05, 0.1) is 6.10 Å². The second kappa shape index (κ2) is 5.07. The minimum atomic E-state index is -1.55. The topological polar surface area (TPSA) is 116 Å². The van der Waals surface area contributed by atoms with Crippen molar-refractivity contribution in [2.24, 2.45) is 0 Å². The molecule has 7 heteroatoms. The maximum atomic E-state index is 11.1. The summed E-state index contributed by atoms with van der Waals surface area (Å²) < 4.78 is 9.61. The standard InChI is InChI=1S/C9H16O7/c1-3(10)8(13)16-7-4(2)15-9(14)6(12)5(7)11/h3-7,9-12,14H,1-2H3/t3-,4+,5+,6-,7+,9-/m1/s1. The molecule has 7 nitrogen and oxygen atoms in total. The molecule has 0 aromatic heterocycles. The van der Waals surface area contributed by atoms with Crippen LogP contribution < -0.4 is 0 Å². The third kappa shape index (κ3) is 2.69. The van der Waals surface area contributed by atoms with Crippen LogP contribution in [0.2, 0.25) is 0 Å². The Hall–Kier alpha value is -0.730. The summed E-state index contributed by atoms with van der Waals surface area (Å²) >= 11 is 0. The SMILES string of the molecule is C[C@@H]1O[C@@H](O)[C@H](O)[C@H](O)[C@H]1OC(=O)[C@@H](C)O. The van der Waals surface area contributed by atoms with Gasteiger partial charge in [-0.15, -0.1) is 0 Å². The third-order valence-electron chi connectivity index (χ3n) is 2.39. The van der Waals surface area contributed by atoms with Crippen LogP contribution in [0.5, 0.6) is 0 Å². The highest BCUT2D eigenvalue weighted by atomic mass is 16.7. The van der Waals surface area contributed by atoms with Crippen LogP contribution in [0, 0.1) is 0 Å². The minimum Gasteiger partial charge on any atom is -0.455 e. The Morgan fingerprint density at radius 1 is 1.31 bits per heavy atom. The smallest absolute Gasteiger partial charge is 0.335 e. The van der Waals surface area contributed by atoms with E-state index < -0.39 is 42.8 Å². The molecule has 1 saturated heterocycles. The maximum Gasteiger partial charge on any atom is 0.335 e. The predicted molar refractivity (Wildman–Crippen MR) is 50.1 cm³/mol. The van der Waals surface area contributed by atoms with E-state index in [4.69, 9.17) is 19.7 Å². The molecule has 0 amide bonds. The molecule has 0 aliphatic carbocycles. The Morgan fingerprint density at radius 3 is 2.38 bits per heavy atom. The van der Waals surface area contributed by atoms with Gasteiger partial charge in [-0.2, -0.15) is 0 Å². The fourth-order valence-electron chi connectivity index (χ4n) is 1.42. The van der Waals surface area contributed by atoms with Gasteiger partial charge >= 0.3 is 5.97 Å². The number of aliphatic hydroxyl groups is 4. The van der Waals surface area contributed by atoms with E-state index in [1.807, 2.05) is 0 Å². The van der Waals surface area contributed by atoms with E-state index in [1.54, 1.807) is 0 Å². The summed E-state index contributed by atoms with van der Waals surface area (Å²) in [4.78, 5) is 11.1. The molecule has 1 aliphatic heterocycles. The van der Waals surface area contributed by atoms with Crippen LogP contribution in [0.25, 0.3) is 0 Å². The largest absolute Gasteiger partial charge is 0.455 e. The first-order valence-electron chi connectivity index (χ1n) is 4.92. The predicted octanol–water partition coefficient (Wildman–Crippen LogP) is -2.26. The van der Waals surface area contributed by atoms with Crippen molar-refractivity contribution < 1.29 is 34.7 Å². The zero-order valence-corrected chi connectivity index (χ0v) is 8.98. The average molecular weight is 236 g/mol. The van der Waals surface area contributed by atoms with Gasteiger partial charge < -0.3 is 29.9 Å². The summed E-state index contributed by atoms with van der Waals surface area (Å²) in [5.41, 5.74) is 0. The lowest BCUT2D eigenvalue weighted by Crippen LogP contribution is -2.58. The molecule has 0 aromatic rings. The summed E-state index contributed by atoms with van der Waals surface area (Å²) in [6, 6.07) is 0. The highest BCUT2D eigenvalue weighted by Gasteiger charge is 2.44. The fourth-order valence-corrected chi connectivity index (χ4v) is 1.42. The molecule has 4 N–H and O–H groups in total.